The van der Waals surface area contributed by atoms with Crippen LogP contribution >= 0.6 is 11.8 Å². The molecule has 31 heavy (non-hydrogen) atoms. The lowest BCUT2D eigenvalue weighted by Crippen LogP contribution is -2.51. The van der Waals surface area contributed by atoms with Gasteiger partial charge in [0.25, 0.3) is 0 Å². The molecular weight excluding hydrogens is 444 g/mol. The van der Waals surface area contributed by atoms with Crippen molar-refractivity contribution in [3.8, 4) is 0 Å². The molecule has 1 amide bonds. The zero-order chi connectivity index (χ0) is 22.0. The van der Waals surface area contributed by atoms with Crippen LogP contribution in [0, 0.1) is 11.6 Å². The highest BCUT2D eigenvalue weighted by molar-refractivity contribution is 7.99. The van der Waals surface area contributed by atoms with E-state index < -0.39 is 15.8 Å². The summed E-state index contributed by atoms with van der Waals surface area (Å²) in [5.41, 5.74) is 0.504. The minimum Gasteiger partial charge on any atom is -0.325 e. The predicted molar refractivity (Wildman–Crippen MR) is 115 cm³/mol. The van der Waals surface area contributed by atoms with Gasteiger partial charge in [0.1, 0.15) is 17.0 Å². The molecule has 2 saturated heterocycles. The molecule has 2 aliphatic heterocycles. The Bertz CT molecular complexity index is 1060. The average molecular weight is 468 g/mol. The molecule has 1 atom stereocenters. The maximum atomic E-state index is 14.2. The van der Waals surface area contributed by atoms with Gasteiger partial charge in [0.2, 0.25) is 15.9 Å². The quantitative estimate of drug-likeness (QED) is 0.677. The number of hydrogen-bond acceptors (Lipinski definition) is 5. The number of hydrogen-bond donors (Lipinski definition) is 0. The van der Waals surface area contributed by atoms with Crippen LogP contribution in [0.25, 0.3) is 0 Å². The van der Waals surface area contributed by atoms with E-state index in [1.165, 1.54) is 40.3 Å². The second-order valence-electron chi connectivity index (χ2n) is 7.47. The molecule has 0 saturated carbocycles. The number of benzene rings is 2. The molecule has 0 bridgehead atoms. The SMILES string of the molecule is O=C(CN1CCN(S(=O)(=O)c2cccc(F)c2)CC1)N1CCS[C@@H]1c1ccccc1F. The van der Waals surface area contributed by atoms with Gasteiger partial charge in [-0.2, -0.15) is 4.31 Å². The van der Waals surface area contributed by atoms with Crippen LogP contribution in [0.2, 0.25) is 0 Å². The number of halogens is 2. The third kappa shape index (κ3) is 4.77. The smallest absolute Gasteiger partial charge is 0.243 e. The fourth-order valence-electron chi connectivity index (χ4n) is 3.85. The van der Waals surface area contributed by atoms with Gasteiger partial charge in [0.05, 0.1) is 11.4 Å². The van der Waals surface area contributed by atoms with Gasteiger partial charge in [-0.05, 0) is 24.3 Å². The first-order valence-corrected chi connectivity index (χ1v) is 12.5. The second-order valence-corrected chi connectivity index (χ2v) is 10.6. The number of carbonyl (C=O) groups excluding carboxylic acids is 1. The van der Waals surface area contributed by atoms with E-state index in [9.17, 15) is 22.0 Å². The molecule has 0 aliphatic carbocycles. The highest BCUT2D eigenvalue weighted by atomic mass is 32.2. The van der Waals surface area contributed by atoms with E-state index in [0.29, 0.717) is 25.2 Å². The first-order chi connectivity index (χ1) is 14.9. The van der Waals surface area contributed by atoms with Crippen LogP contribution in [0.5, 0.6) is 0 Å². The summed E-state index contributed by atoms with van der Waals surface area (Å²) >= 11 is 1.54. The Labute approximate surface area is 184 Å². The van der Waals surface area contributed by atoms with Crippen LogP contribution in [-0.4, -0.2) is 73.5 Å². The van der Waals surface area contributed by atoms with Crippen molar-refractivity contribution in [2.45, 2.75) is 10.3 Å². The summed E-state index contributed by atoms with van der Waals surface area (Å²) in [6.07, 6.45) is 0. The molecule has 0 aromatic heterocycles. The third-order valence-corrected chi connectivity index (χ3v) is 8.64. The van der Waals surface area contributed by atoms with Gasteiger partial charge in [-0.25, -0.2) is 17.2 Å². The molecule has 0 N–H and O–H groups in total. The van der Waals surface area contributed by atoms with Crippen LogP contribution in [0.4, 0.5) is 8.78 Å². The Balaban J connectivity index is 1.36. The summed E-state index contributed by atoms with van der Waals surface area (Å²) in [6.45, 7) is 1.93. The van der Waals surface area contributed by atoms with Crippen molar-refractivity contribution >= 4 is 27.7 Å². The van der Waals surface area contributed by atoms with Gasteiger partial charge in [0, 0.05) is 44.0 Å². The fourth-order valence-corrected chi connectivity index (χ4v) is 6.60. The van der Waals surface area contributed by atoms with Gasteiger partial charge in [-0.3, -0.25) is 9.69 Å². The Morgan fingerprint density at radius 1 is 1.00 bits per heavy atom. The summed E-state index contributed by atoms with van der Waals surface area (Å²) in [4.78, 5) is 16.4. The first kappa shape index (κ1) is 22.2. The van der Waals surface area contributed by atoms with Crippen LogP contribution in [0.1, 0.15) is 10.9 Å². The van der Waals surface area contributed by atoms with E-state index in [1.807, 2.05) is 4.90 Å². The van der Waals surface area contributed by atoms with Crippen molar-refractivity contribution in [2.24, 2.45) is 0 Å². The van der Waals surface area contributed by atoms with Crippen LogP contribution in [0.3, 0.4) is 0 Å². The second kappa shape index (κ2) is 9.23. The molecule has 2 heterocycles. The number of rotatable bonds is 5. The first-order valence-electron chi connectivity index (χ1n) is 10.00. The van der Waals surface area contributed by atoms with Gasteiger partial charge in [0.15, 0.2) is 0 Å². The lowest BCUT2D eigenvalue weighted by Gasteiger charge is -2.35. The summed E-state index contributed by atoms with van der Waals surface area (Å²) in [6, 6.07) is 11.5. The molecule has 2 aromatic carbocycles. The number of piperazine rings is 1. The van der Waals surface area contributed by atoms with Gasteiger partial charge in [-0.1, -0.05) is 24.3 Å². The maximum absolute atomic E-state index is 14.2. The highest BCUT2D eigenvalue weighted by Crippen LogP contribution is 2.39. The van der Waals surface area contributed by atoms with E-state index in [4.69, 9.17) is 0 Å². The van der Waals surface area contributed by atoms with Crippen LogP contribution < -0.4 is 0 Å². The van der Waals surface area contributed by atoms with Crippen LogP contribution in [0.15, 0.2) is 53.4 Å². The fraction of sp³-hybridized carbons (Fsp3) is 0.381. The Morgan fingerprint density at radius 3 is 2.45 bits per heavy atom. The van der Waals surface area contributed by atoms with E-state index in [2.05, 4.69) is 0 Å². The number of thioether (sulfide) groups is 1. The summed E-state index contributed by atoms with van der Waals surface area (Å²) in [5.74, 6) is -0.279. The number of carbonyl (C=O) groups is 1. The number of amides is 1. The van der Waals surface area contributed by atoms with Crippen molar-refractivity contribution in [2.75, 3.05) is 45.0 Å². The topological polar surface area (TPSA) is 60.9 Å². The minimum absolute atomic E-state index is 0.0705. The Morgan fingerprint density at radius 2 is 1.74 bits per heavy atom. The van der Waals surface area contributed by atoms with E-state index >= 15 is 0 Å². The van der Waals surface area contributed by atoms with E-state index in [1.54, 1.807) is 23.1 Å². The molecule has 0 radical (unpaired) electrons. The van der Waals surface area contributed by atoms with E-state index in [-0.39, 0.29) is 41.6 Å². The zero-order valence-electron chi connectivity index (χ0n) is 16.8. The molecule has 0 spiro atoms. The molecule has 166 valence electrons. The minimum atomic E-state index is -3.78. The molecule has 2 aliphatic rings. The van der Waals surface area contributed by atoms with Crippen molar-refractivity contribution < 1.29 is 22.0 Å². The highest BCUT2D eigenvalue weighted by Gasteiger charge is 2.34. The Hall–Kier alpha value is -2.01. The van der Waals surface area contributed by atoms with Crippen molar-refractivity contribution in [3.05, 3.63) is 65.7 Å². The average Bonchev–Trinajstić information content (AvgIpc) is 3.24. The molecule has 10 heteroatoms. The van der Waals surface area contributed by atoms with E-state index in [0.717, 1.165) is 11.8 Å². The standard InChI is InChI=1S/C21H23F2N3O3S2/c22-16-4-3-5-17(14-16)31(28,29)25-10-8-24(9-11-25)15-20(27)26-12-13-30-21(26)18-6-1-2-7-19(18)23/h1-7,14,21H,8-13,15H2/t21-/m1/s1. The number of nitrogens with zero attached hydrogens (tertiary/aromatic N) is 3. The van der Waals surface area contributed by atoms with Crippen molar-refractivity contribution in [1.82, 2.24) is 14.1 Å². The lowest BCUT2D eigenvalue weighted by molar-refractivity contribution is -0.132. The van der Waals surface area contributed by atoms with Crippen LogP contribution in [-0.2, 0) is 14.8 Å². The number of sulfonamides is 1. The summed E-state index contributed by atoms with van der Waals surface area (Å²) in [7, 11) is -3.78. The predicted octanol–water partition coefficient (Wildman–Crippen LogP) is 2.55. The zero-order valence-corrected chi connectivity index (χ0v) is 18.4. The van der Waals surface area contributed by atoms with Gasteiger partial charge >= 0.3 is 0 Å². The molecule has 2 fully saturated rings. The van der Waals surface area contributed by atoms with Crippen molar-refractivity contribution in [1.29, 1.82) is 0 Å². The normalized spacial score (nSPS) is 20.8. The largest absolute Gasteiger partial charge is 0.325 e. The van der Waals surface area contributed by atoms with Gasteiger partial charge in [-0.15, -0.1) is 11.8 Å². The molecule has 4 rings (SSSR count). The molecular formula is C21H23F2N3O3S2. The summed E-state index contributed by atoms with van der Waals surface area (Å²) < 4.78 is 54.4. The Kier molecular flexibility index (Phi) is 6.61. The van der Waals surface area contributed by atoms with Crippen molar-refractivity contribution in [3.63, 3.8) is 0 Å². The summed E-state index contributed by atoms with van der Waals surface area (Å²) in [5, 5.41) is -0.344. The third-order valence-electron chi connectivity index (χ3n) is 5.51. The molecule has 6 nitrogen and oxygen atoms in total. The van der Waals surface area contributed by atoms with Gasteiger partial charge < -0.3 is 4.90 Å². The molecule has 2 aromatic rings. The maximum Gasteiger partial charge on any atom is 0.243 e. The molecule has 0 unspecified atom stereocenters. The lowest BCUT2D eigenvalue weighted by atomic mass is 10.2. The monoisotopic (exact) mass is 467 g/mol.